The normalized spacial score (nSPS) is 15.1. The molecule has 0 aromatic heterocycles. The third-order valence-corrected chi connectivity index (χ3v) is 5.94. The van der Waals surface area contributed by atoms with E-state index in [2.05, 4.69) is 5.32 Å². The Morgan fingerprint density at radius 1 is 1.09 bits per heavy atom. The minimum absolute atomic E-state index is 0.117. The first-order valence-electron chi connectivity index (χ1n) is 9.83. The first-order valence-corrected chi connectivity index (χ1v) is 10.6. The molecule has 2 atom stereocenters. The van der Waals surface area contributed by atoms with Gasteiger partial charge in [-0.15, -0.1) is 0 Å². The highest BCUT2D eigenvalue weighted by atomic mass is 35.5. The van der Waals surface area contributed by atoms with Crippen molar-refractivity contribution in [2.24, 2.45) is 5.92 Å². The molecule has 1 fully saturated rings. The molecule has 4 nitrogen and oxygen atoms in total. The Morgan fingerprint density at radius 2 is 1.72 bits per heavy atom. The molecule has 0 unspecified atom stereocenters. The summed E-state index contributed by atoms with van der Waals surface area (Å²) in [5.74, 6) is -5.38. The molecule has 2 aromatic carbocycles. The average Bonchev–Trinajstić information content (AvgIpc) is 3.54. The van der Waals surface area contributed by atoms with Crippen LogP contribution in [0.1, 0.15) is 43.2 Å². The second-order valence-corrected chi connectivity index (χ2v) is 8.54. The monoisotopic (exact) mass is 485 g/mol. The Balaban J connectivity index is 1.94. The molecule has 1 saturated carbocycles. The van der Waals surface area contributed by atoms with Crippen LogP contribution in [0.2, 0.25) is 10.0 Å². The van der Waals surface area contributed by atoms with E-state index in [0.29, 0.717) is 16.2 Å². The number of carbonyl (C=O) groups is 2. The minimum Gasteiger partial charge on any atom is -0.481 e. The maximum absolute atomic E-state index is 13.5. The lowest BCUT2D eigenvalue weighted by atomic mass is 9.85. The number of carboxylic acids is 1. The Morgan fingerprint density at radius 3 is 2.25 bits per heavy atom. The third-order valence-electron chi connectivity index (χ3n) is 5.36. The highest BCUT2D eigenvalue weighted by molar-refractivity contribution is 6.34. The third kappa shape index (κ3) is 5.84. The van der Waals surface area contributed by atoms with Crippen LogP contribution in [0.4, 0.5) is 18.9 Å². The fourth-order valence-electron chi connectivity index (χ4n) is 3.49. The van der Waals surface area contributed by atoms with Crippen molar-refractivity contribution in [3.8, 4) is 0 Å². The molecule has 9 heteroatoms. The standard InChI is InChI=1S/C23H20Cl2F3NO3/c1-12(23(26,27)28)21(14-4-7-16(24)8-5-14)22(32)29-19-10-15(6-9-18(19)25)17(11-20(30)31)13-2-3-13/h4-10,12,21H,2-3,11H2,1H3,(H,29,32)(H,30,31)/t12-,21+/m1/s1. The number of aliphatic carboxylic acids is 1. The van der Waals surface area contributed by atoms with Crippen molar-refractivity contribution < 1.29 is 27.9 Å². The highest BCUT2D eigenvalue weighted by Crippen LogP contribution is 2.41. The van der Waals surface area contributed by atoms with Crippen LogP contribution in [0.25, 0.3) is 5.57 Å². The molecule has 1 aliphatic carbocycles. The maximum Gasteiger partial charge on any atom is 0.392 e. The average molecular weight is 486 g/mol. The highest BCUT2D eigenvalue weighted by Gasteiger charge is 2.45. The molecule has 32 heavy (non-hydrogen) atoms. The number of amides is 1. The van der Waals surface area contributed by atoms with Crippen molar-refractivity contribution >= 4 is 46.3 Å². The zero-order valence-electron chi connectivity index (χ0n) is 17.0. The summed E-state index contributed by atoms with van der Waals surface area (Å²) in [6.07, 6.45) is -3.23. The second-order valence-electron chi connectivity index (χ2n) is 7.70. The summed E-state index contributed by atoms with van der Waals surface area (Å²) >= 11 is 12.0. The van der Waals surface area contributed by atoms with Gasteiger partial charge in [-0.3, -0.25) is 9.59 Å². The fraction of sp³-hybridized carbons (Fsp3) is 0.304. The van der Waals surface area contributed by atoms with Gasteiger partial charge in [0.1, 0.15) is 0 Å². The molecular weight excluding hydrogens is 466 g/mol. The zero-order chi connectivity index (χ0) is 23.6. The first-order chi connectivity index (χ1) is 15.0. The minimum atomic E-state index is -4.61. The van der Waals surface area contributed by atoms with Crippen LogP contribution >= 0.6 is 23.2 Å². The molecule has 2 N–H and O–H groups in total. The van der Waals surface area contributed by atoms with Crippen LogP contribution in [0.5, 0.6) is 0 Å². The number of carbonyl (C=O) groups excluding carboxylic acids is 1. The quantitative estimate of drug-likeness (QED) is 0.446. The molecule has 1 amide bonds. The van der Waals surface area contributed by atoms with Crippen molar-refractivity contribution in [1.29, 1.82) is 0 Å². The number of hydrogen-bond acceptors (Lipinski definition) is 2. The van der Waals surface area contributed by atoms with E-state index < -0.39 is 29.9 Å². The Labute approximate surface area is 193 Å². The van der Waals surface area contributed by atoms with Gasteiger partial charge < -0.3 is 10.4 Å². The largest absolute Gasteiger partial charge is 0.481 e. The van der Waals surface area contributed by atoms with Crippen molar-refractivity contribution in [2.45, 2.75) is 38.3 Å². The van der Waals surface area contributed by atoms with Gasteiger partial charge in [0.05, 0.1) is 29.0 Å². The van der Waals surface area contributed by atoms with Crippen LogP contribution in [-0.4, -0.2) is 23.2 Å². The fourth-order valence-corrected chi connectivity index (χ4v) is 3.78. The summed E-state index contributed by atoms with van der Waals surface area (Å²) in [4.78, 5) is 24.3. The van der Waals surface area contributed by atoms with Crippen molar-refractivity contribution in [3.05, 3.63) is 69.2 Å². The van der Waals surface area contributed by atoms with E-state index in [1.54, 1.807) is 6.07 Å². The number of hydrogen-bond donors (Lipinski definition) is 2. The van der Waals surface area contributed by atoms with Crippen LogP contribution in [0, 0.1) is 5.92 Å². The molecule has 0 spiro atoms. The Hall–Kier alpha value is -2.51. The summed E-state index contributed by atoms with van der Waals surface area (Å²) < 4.78 is 40.6. The molecule has 3 rings (SSSR count). The van der Waals surface area contributed by atoms with Gasteiger partial charge in [0.15, 0.2) is 0 Å². The van der Waals surface area contributed by atoms with Crippen molar-refractivity contribution in [3.63, 3.8) is 0 Å². The summed E-state index contributed by atoms with van der Waals surface area (Å²) in [6, 6.07) is 10.2. The lowest BCUT2D eigenvalue weighted by molar-refractivity contribution is -0.178. The van der Waals surface area contributed by atoms with Crippen molar-refractivity contribution in [2.75, 3.05) is 5.32 Å². The lowest BCUT2D eigenvalue weighted by Gasteiger charge is -2.26. The Bertz CT molecular complexity index is 1060. The molecule has 170 valence electrons. The first kappa shape index (κ1) is 24.1. The van der Waals surface area contributed by atoms with Crippen LogP contribution in [0.3, 0.4) is 0 Å². The SMILES string of the molecule is C[C@H]([C@H](C(=O)Nc1cc(C(CC(=O)O)=C2CC2)ccc1Cl)c1ccc(Cl)cc1)C(F)(F)F. The topological polar surface area (TPSA) is 66.4 Å². The van der Waals surface area contributed by atoms with E-state index >= 15 is 0 Å². The number of rotatable bonds is 7. The number of anilines is 1. The molecular formula is C23H20Cl2F3NO3. The molecule has 1 aliphatic rings. The molecule has 0 heterocycles. The number of alkyl halides is 3. The van der Waals surface area contributed by atoms with Crippen LogP contribution < -0.4 is 5.32 Å². The van der Waals surface area contributed by atoms with Gasteiger partial charge >= 0.3 is 12.1 Å². The molecule has 0 bridgehead atoms. The maximum atomic E-state index is 13.5. The van der Waals surface area contributed by atoms with Gasteiger partial charge in [0.2, 0.25) is 5.91 Å². The van der Waals surface area contributed by atoms with Crippen LogP contribution in [-0.2, 0) is 9.59 Å². The van der Waals surface area contributed by atoms with Gasteiger partial charge in [-0.1, -0.05) is 53.9 Å². The van der Waals surface area contributed by atoms with E-state index in [1.807, 2.05) is 0 Å². The summed E-state index contributed by atoms with van der Waals surface area (Å²) in [7, 11) is 0. The Kier molecular flexibility index (Phi) is 7.20. The zero-order valence-corrected chi connectivity index (χ0v) is 18.5. The lowest BCUT2D eigenvalue weighted by Crippen LogP contribution is -2.34. The van der Waals surface area contributed by atoms with Gasteiger partial charge in [0, 0.05) is 5.02 Å². The van der Waals surface area contributed by atoms with E-state index in [9.17, 15) is 27.9 Å². The van der Waals surface area contributed by atoms with Gasteiger partial charge in [-0.2, -0.15) is 13.2 Å². The van der Waals surface area contributed by atoms with Crippen molar-refractivity contribution in [1.82, 2.24) is 0 Å². The summed E-state index contributed by atoms with van der Waals surface area (Å²) in [5, 5.41) is 12.2. The van der Waals surface area contributed by atoms with E-state index in [-0.39, 0.29) is 22.7 Å². The summed E-state index contributed by atoms with van der Waals surface area (Å²) in [5.41, 5.74) is 2.47. The van der Waals surface area contributed by atoms with Gasteiger partial charge in [0.25, 0.3) is 0 Å². The smallest absolute Gasteiger partial charge is 0.392 e. The number of halogens is 5. The predicted octanol–water partition coefficient (Wildman–Crippen LogP) is 6.94. The number of allylic oxidation sites excluding steroid dienone is 1. The van der Waals surface area contributed by atoms with Gasteiger partial charge in [-0.05, 0) is 53.8 Å². The molecule has 0 aliphatic heterocycles. The molecule has 0 radical (unpaired) electrons. The van der Waals surface area contributed by atoms with E-state index in [0.717, 1.165) is 25.3 Å². The van der Waals surface area contributed by atoms with E-state index in [1.165, 1.54) is 36.4 Å². The van der Waals surface area contributed by atoms with E-state index in [4.69, 9.17) is 23.2 Å². The molecule has 0 saturated heterocycles. The predicted molar refractivity (Wildman–Crippen MR) is 118 cm³/mol. The summed E-state index contributed by atoms with van der Waals surface area (Å²) in [6.45, 7) is 0.944. The molecule has 2 aromatic rings. The second kappa shape index (κ2) is 9.55. The number of benzene rings is 2. The van der Waals surface area contributed by atoms with Gasteiger partial charge in [-0.25, -0.2) is 0 Å². The number of carboxylic acid groups (broad SMARTS) is 1. The number of nitrogens with one attached hydrogen (secondary N) is 1. The van der Waals surface area contributed by atoms with Crippen LogP contribution in [0.15, 0.2) is 48.0 Å².